The van der Waals surface area contributed by atoms with Crippen molar-refractivity contribution in [2.45, 2.75) is 31.1 Å². The summed E-state index contributed by atoms with van der Waals surface area (Å²) in [5.74, 6) is -0.450. The standard InChI is InChI=1S/C15H18ClN3O3S2/c1-15(2,3)12-8-23-14(18-12)19-13(20)9-5-6-10(16)11(7-9)24(21,22)17-4/h5-8,17H,1-4H3,(H,18,19,20). The van der Waals surface area contributed by atoms with Crippen LogP contribution in [0.15, 0.2) is 28.5 Å². The SMILES string of the molecule is CNS(=O)(=O)c1cc(C(=O)Nc2nc(C(C)(C)C)cs2)ccc1Cl. The number of anilines is 1. The van der Waals surface area contributed by atoms with Gasteiger partial charge in [0.2, 0.25) is 10.0 Å². The zero-order chi connectivity index (χ0) is 18.1. The van der Waals surface area contributed by atoms with Gasteiger partial charge in [0.1, 0.15) is 4.90 Å². The summed E-state index contributed by atoms with van der Waals surface area (Å²) in [5, 5.41) is 5.06. The average molecular weight is 388 g/mol. The van der Waals surface area contributed by atoms with E-state index in [4.69, 9.17) is 11.6 Å². The van der Waals surface area contributed by atoms with Crippen LogP contribution in [0.2, 0.25) is 5.02 Å². The van der Waals surface area contributed by atoms with Crippen LogP contribution in [0.5, 0.6) is 0 Å². The van der Waals surface area contributed by atoms with Gasteiger partial charge in [-0.2, -0.15) is 0 Å². The lowest BCUT2D eigenvalue weighted by Crippen LogP contribution is -2.20. The molecule has 1 heterocycles. The number of nitrogens with one attached hydrogen (secondary N) is 2. The van der Waals surface area contributed by atoms with Gasteiger partial charge in [-0.1, -0.05) is 32.4 Å². The Morgan fingerprint density at radius 1 is 1.29 bits per heavy atom. The molecule has 0 aliphatic heterocycles. The average Bonchev–Trinajstić information content (AvgIpc) is 2.96. The predicted octanol–water partition coefficient (Wildman–Crippen LogP) is 3.25. The summed E-state index contributed by atoms with van der Waals surface area (Å²) in [5.41, 5.74) is 0.937. The molecule has 1 amide bonds. The number of rotatable bonds is 4. The van der Waals surface area contributed by atoms with Crippen LogP contribution in [0.3, 0.4) is 0 Å². The lowest BCUT2D eigenvalue weighted by atomic mass is 9.93. The predicted molar refractivity (Wildman–Crippen MR) is 96.5 cm³/mol. The molecule has 130 valence electrons. The Kier molecular flexibility index (Phi) is 5.34. The fourth-order valence-corrected chi connectivity index (χ4v) is 3.99. The Morgan fingerprint density at radius 3 is 2.50 bits per heavy atom. The van der Waals surface area contributed by atoms with E-state index in [-0.39, 0.29) is 20.9 Å². The molecular formula is C15H18ClN3O3S2. The minimum Gasteiger partial charge on any atom is -0.298 e. The Balaban J connectivity index is 2.28. The lowest BCUT2D eigenvalue weighted by molar-refractivity contribution is 0.102. The number of nitrogens with zero attached hydrogens (tertiary/aromatic N) is 1. The summed E-state index contributed by atoms with van der Waals surface area (Å²) in [7, 11) is -2.47. The first-order valence-electron chi connectivity index (χ1n) is 7.05. The summed E-state index contributed by atoms with van der Waals surface area (Å²) in [6.07, 6.45) is 0. The maximum atomic E-state index is 12.3. The number of benzene rings is 1. The van der Waals surface area contributed by atoms with Crippen molar-refractivity contribution < 1.29 is 13.2 Å². The highest BCUT2D eigenvalue weighted by atomic mass is 35.5. The number of sulfonamides is 1. The van der Waals surface area contributed by atoms with Crippen molar-refractivity contribution in [3.8, 4) is 0 Å². The first-order valence-corrected chi connectivity index (χ1v) is 9.79. The van der Waals surface area contributed by atoms with Crippen molar-refractivity contribution in [1.82, 2.24) is 9.71 Å². The largest absolute Gasteiger partial charge is 0.298 e. The molecule has 0 saturated heterocycles. The molecule has 0 atom stereocenters. The summed E-state index contributed by atoms with van der Waals surface area (Å²) in [6.45, 7) is 6.09. The zero-order valence-electron chi connectivity index (χ0n) is 13.7. The molecule has 0 aliphatic rings. The van der Waals surface area contributed by atoms with Crippen molar-refractivity contribution in [1.29, 1.82) is 0 Å². The van der Waals surface area contributed by atoms with Crippen LogP contribution < -0.4 is 10.0 Å². The van der Waals surface area contributed by atoms with Crippen LogP contribution in [0, 0.1) is 0 Å². The van der Waals surface area contributed by atoms with Crippen molar-refractivity contribution in [2.24, 2.45) is 0 Å². The van der Waals surface area contributed by atoms with E-state index >= 15 is 0 Å². The number of halogens is 1. The number of carbonyl (C=O) groups is 1. The van der Waals surface area contributed by atoms with E-state index in [1.165, 1.54) is 36.6 Å². The van der Waals surface area contributed by atoms with Crippen LogP contribution in [0.25, 0.3) is 0 Å². The normalized spacial score (nSPS) is 12.2. The Labute approximate surface area is 150 Å². The minimum absolute atomic E-state index is 0.0465. The van der Waals surface area contributed by atoms with Gasteiger partial charge in [0.05, 0.1) is 10.7 Å². The summed E-state index contributed by atoms with van der Waals surface area (Å²) in [4.78, 5) is 16.6. The molecule has 2 N–H and O–H groups in total. The summed E-state index contributed by atoms with van der Waals surface area (Å²) < 4.78 is 26.0. The minimum atomic E-state index is -3.75. The van der Waals surface area contributed by atoms with Gasteiger partial charge in [0.25, 0.3) is 5.91 Å². The van der Waals surface area contributed by atoms with E-state index in [0.29, 0.717) is 5.13 Å². The molecule has 2 aromatic rings. The van der Waals surface area contributed by atoms with Crippen LogP contribution in [-0.2, 0) is 15.4 Å². The van der Waals surface area contributed by atoms with Crippen LogP contribution >= 0.6 is 22.9 Å². The second-order valence-electron chi connectivity index (χ2n) is 6.09. The van der Waals surface area contributed by atoms with Crippen molar-refractivity contribution in [3.05, 3.63) is 39.9 Å². The van der Waals surface area contributed by atoms with Gasteiger partial charge in [-0.15, -0.1) is 11.3 Å². The maximum absolute atomic E-state index is 12.3. The van der Waals surface area contributed by atoms with Gasteiger partial charge in [0.15, 0.2) is 5.13 Å². The van der Waals surface area contributed by atoms with Gasteiger partial charge >= 0.3 is 0 Å². The van der Waals surface area contributed by atoms with Gasteiger partial charge in [-0.3, -0.25) is 10.1 Å². The zero-order valence-corrected chi connectivity index (χ0v) is 16.1. The summed E-state index contributed by atoms with van der Waals surface area (Å²) in [6, 6.07) is 4.08. The molecule has 0 saturated carbocycles. The first-order chi connectivity index (χ1) is 11.0. The number of hydrogen-bond acceptors (Lipinski definition) is 5. The third-order valence-corrected chi connectivity index (χ3v) is 5.90. The molecule has 24 heavy (non-hydrogen) atoms. The molecular weight excluding hydrogens is 370 g/mol. The van der Waals surface area contributed by atoms with E-state index in [9.17, 15) is 13.2 Å². The molecule has 0 spiro atoms. The highest BCUT2D eigenvalue weighted by molar-refractivity contribution is 7.89. The first kappa shape index (κ1) is 18.9. The highest BCUT2D eigenvalue weighted by Crippen LogP contribution is 2.27. The number of hydrogen-bond donors (Lipinski definition) is 2. The molecule has 1 aromatic carbocycles. The quantitative estimate of drug-likeness (QED) is 0.842. The van der Waals surface area contributed by atoms with E-state index < -0.39 is 15.9 Å². The number of thiazole rings is 1. The molecule has 6 nitrogen and oxygen atoms in total. The van der Waals surface area contributed by atoms with E-state index in [1.807, 2.05) is 26.2 Å². The highest BCUT2D eigenvalue weighted by Gasteiger charge is 2.20. The Bertz CT molecular complexity index is 870. The molecule has 1 aromatic heterocycles. The van der Waals surface area contributed by atoms with Gasteiger partial charge < -0.3 is 0 Å². The van der Waals surface area contributed by atoms with Gasteiger partial charge in [-0.25, -0.2) is 18.1 Å². The fraction of sp³-hybridized carbons (Fsp3) is 0.333. The smallest absolute Gasteiger partial charge is 0.257 e. The van der Waals surface area contributed by atoms with E-state index in [2.05, 4.69) is 15.0 Å². The molecule has 9 heteroatoms. The lowest BCUT2D eigenvalue weighted by Gasteiger charge is -2.14. The monoisotopic (exact) mass is 387 g/mol. The van der Waals surface area contributed by atoms with Gasteiger partial charge in [-0.05, 0) is 25.2 Å². The van der Waals surface area contributed by atoms with E-state index in [1.54, 1.807) is 0 Å². The summed E-state index contributed by atoms with van der Waals surface area (Å²) >= 11 is 7.23. The Hall–Kier alpha value is -1.48. The molecule has 0 radical (unpaired) electrons. The molecule has 0 unspecified atom stereocenters. The topological polar surface area (TPSA) is 88.2 Å². The number of aromatic nitrogens is 1. The van der Waals surface area contributed by atoms with Crippen LogP contribution in [-0.4, -0.2) is 26.4 Å². The third kappa shape index (κ3) is 4.13. The van der Waals surface area contributed by atoms with Crippen molar-refractivity contribution in [3.63, 3.8) is 0 Å². The third-order valence-electron chi connectivity index (χ3n) is 3.24. The molecule has 0 bridgehead atoms. The van der Waals surface area contributed by atoms with Crippen LogP contribution in [0.4, 0.5) is 5.13 Å². The molecule has 0 fully saturated rings. The van der Waals surface area contributed by atoms with Crippen LogP contribution in [0.1, 0.15) is 36.8 Å². The fourth-order valence-electron chi connectivity index (χ4n) is 1.81. The van der Waals surface area contributed by atoms with Crippen molar-refractivity contribution in [2.75, 3.05) is 12.4 Å². The van der Waals surface area contributed by atoms with Gasteiger partial charge in [0, 0.05) is 16.4 Å². The maximum Gasteiger partial charge on any atom is 0.257 e. The van der Waals surface area contributed by atoms with E-state index in [0.717, 1.165) is 5.69 Å². The second-order valence-corrected chi connectivity index (χ2v) is 9.22. The van der Waals surface area contributed by atoms with Crippen molar-refractivity contribution >= 4 is 44.0 Å². The second kappa shape index (κ2) is 6.79. The Morgan fingerprint density at radius 2 is 1.96 bits per heavy atom. The molecule has 2 rings (SSSR count). The molecule has 0 aliphatic carbocycles. The number of carbonyl (C=O) groups excluding carboxylic acids is 1. The number of amides is 1.